The Morgan fingerprint density at radius 2 is 2.11 bits per heavy atom. The molecule has 2 atom stereocenters. The van der Waals surface area contributed by atoms with E-state index in [1.54, 1.807) is 12.6 Å². The molecule has 0 saturated carbocycles. The summed E-state index contributed by atoms with van der Waals surface area (Å²) in [6.07, 6.45) is 10.2. The highest BCUT2D eigenvalue weighted by atomic mass is 32.2. The molecule has 0 saturated heterocycles. The minimum Gasteiger partial charge on any atom is -0.370 e. The molecule has 0 amide bonds. The lowest BCUT2D eigenvalue weighted by Gasteiger charge is -2.13. The number of nitrogens with zero attached hydrogens (tertiary/aromatic N) is 2. The molecule has 5 heteroatoms. The van der Waals surface area contributed by atoms with Gasteiger partial charge >= 0.3 is 0 Å². The smallest absolute Gasteiger partial charge is 0.132 e. The van der Waals surface area contributed by atoms with Crippen molar-refractivity contribution >= 4 is 16.6 Å². The van der Waals surface area contributed by atoms with Crippen molar-refractivity contribution in [1.82, 2.24) is 9.97 Å². The summed E-state index contributed by atoms with van der Waals surface area (Å²) in [4.78, 5) is 8.79. The van der Waals surface area contributed by atoms with Crippen LogP contribution in [0.3, 0.4) is 0 Å². The second-order valence-corrected chi connectivity index (χ2v) is 7.03. The summed E-state index contributed by atoms with van der Waals surface area (Å²) in [5, 5.41) is 3.63. The Labute approximate surface area is 117 Å². The zero-order valence-corrected chi connectivity index (χ0v) is 12.6. The van der Waals surface area contributed by atoms with Crippen molar-refractivity contribution in [2.45, 2.75) is 50.7 Å². The number of aromatic nitrogens is 2. The molecule has 0 spiro atoms. The van der Waals surface area contributed by atoms with E-state index >= 15 is 0 Å². The van der Waals surface area contributed by atoms with Crippen LogP contribution >= 0.6 is 0 Å². The van der Waals surface area contributed by atoms with Crippen LogP contribution in [0.1, 0.15) is 43.9 Å². The minimum absolute atomic E-state index is 0.230. The van der Waals surface area contributed by atoms with E-state index in [4.69, 9.17) is 0 Å². The first kappa shape index (κ1) is 14.4. The van der Waals surface area contributed by atoms with Crippen molar-refractivity contribution in [1.29, 1.82) is 0 Å². The Morgan fingerprint density at radius 1 is 1.32 bits per heavy atom. The lowest BCUT2D eigenvalue weighted by atomic mass is 10.1. The molecule has 0 bridgehead atoms. The molecule has 0 radical (unpaired) electrons. The van der Waals surface area contributed by atoms with Crippen LogP contribution in [-0.4, -0.2) is 32.2 Å². The lowest BCUT2D eigenvalue weighted by molar-refractivity contribution is 0.672. The Balaban J connectivity index is 1.99. The van der Waals surface area contributed by atoms with Gasteiger partial charge in [-0.1, -0.05) is 13.3 Å². The van der Waals surface area contributed by atoms with Gasteiger partial charge in [0.05, 0.1) is 0 Å². The van der Waals surface area contributed by atoms with Gasteiger partial charge in [0.25, 0.3) is 0 Å². The van der Waals surface area contributed by atoms with E-state index in [0.29, 0.717) is 0 Å². The van der Waals surface area contributed by atoms with Crippen LogP contribution in [0.2, 0.25) is 0 Å². The van der Waals surface area contributed by atoms with Crippen LogP contribution in [0.25, 0.3) is 0 Å². The average Bonchev–Trinajstić information content (AvgIpc) is 2.64. The third kappa shape index (κ3) is 4.00. The van der Waals surface area contributed by atoms with Gasteiger partial charge in [-0.15, -0.1) is 0 Å². The van der Waals surface area contributed by atoms with Gasteiger partial charge < -0.3 is 5.32 Å². The highest BCUT2D eigenvalue weighted by Gasteiger charge is 2.14. The molecule has 0 aliphatic heterocycles. The second-order valence-electron chi connectivity index (χ2n) is 5.23. The van der Waals surface area contributed by atoms with E-state index in [-0.39, 0.29) is 5.25 Å². The summed E-state index contributed by atoms with van der Waals surface area (Å²) in [7, 11) is -0.746. The maximum atomic E-state index is 11.3. The van der Waals surface area contributed by atoms with E-state index in [0.717, 1.165) is 31.6 Å². The molecule has 1 heterocycles. The Morgan fingerprint density at radius 3 is 2.89 bits per heavy atom. The van der Waals surface area contributed by atoms with E-state index in [1.807, 2.05) is 6.92 Å². The van der Waals surface area contributed by atoms with Crippen molar-refractivity contribution < 1.29 is 4.21 Å². The van der Waals surface area contributed by atoms with Crippen molar-refractivity contribution in [3.8, 4) is 0 Å². The molecular formula is C14H23N3OS. The van der Waals surface area contributed by atoms with Gasteiger partial charge in [-0.2, -0.15) is 0 Å². The van der Waals surface area contributed by atoms with E-state index in [1.165, 1.54) is 30.5 Å². The van der Waals surface area contributed by atoms with Crippen molar-refractivity contribution in [3.05, 3.63) is 17.6 Å². The lowest BCUT2D eigenvalue weighted by Crippen LogP contribution is -2.16. The fraction of sp³-hybridized carbons (Fsp3) is 0.714. The summed E-state index contributed by atoms with van der Waals surface area (Å²) < 4.78 is 11.3. The number of aryl methyl sites for hydroxylation is 1. The first-order valence-corrected chi connectivity index (χ1v) is 8.69. The third-order valence-corrected chi connectivity index (χ3v) is 5.15. The average molecular weight is 281 g/mol. The van der Waals surface area contributed by atoms with E-state index < -0.39 is 10.8 Å². The second kappa shape index (κ2) is 6.98. The Kier molecular flexibility index (Phi) is 5.31. The maximum Gasteiger partial charge on any atom is 0.132 e. The number of rotatable bonds is 5. The van der Waals surface area contributed by atoms with Gasteiger partial charge in [0, 0.05) is 40.1 Å². The molecule has 0 fully saturated rings. The number of fused-ring (bicyclic) bond motifs is 1. The highest BCUT2D eigenvalue weighted by molar-refractivity contribution is 7.84. The van der Waals surface area contributed by atoms with Gasteiger partial charge in [-0.25, -0.2) is 9.97 Å². The highest BCUT2D eigenvalue weighted by Crippen LogP contribution is 2.23. The normalized spacial score (nSPS) is 18.2. The topological polar surface area (TPSA) is 54.9 Å². The SMILES string of the molecule is CC(CCNc1ncnc2c1CCCCC2)S(C)=O. The van der Waals surface area contributed by atoms with Crippen LogP contribution in [0, 0.1) is 0 Å². The van der Waals surface area contributed by atoms with Crippen LogP contribution in [0.15, 0.2) is 6.33 Å². The van der Waals surface area contributed by atoms with Crippen LogP contribution in [-0.2, 0) is 23.6 Å². The van der Waals surface area contributed by atoms with Crippen LogP contribution in [0.5, 0.6) is 0 Å². The molecular weight excluding hydrogens is 258 g/mol. The number of anilines is 1. The van der Waals surface area contributed by atoms with E-state index in [9.17, 15) is 4.21 Å². The Bertz CT molecular complexity index is 450. The minimum atomic E-state index is -0.746. The van der Waals surface area contributed by atoms with Crippen molar-refractivity contribution in [3.63, 3.8) is 0 Å². The standard InChI is InChI=1S/C14H23N3OS/c1-11(19(2)18)8-9-15-14-12-6-4-3-5-7-13(12)16-10-17-14/h10-11H,3-9H2,1-2H3,(H,15,16,17). The summed E-state index contributed by atoms with van der Waals surface area (Å²) in [5.74, 6) is 0.987. The number of hydrogen-bond acceptors (Lipinski definition) is 4. The zero-order chi connectivity index (χ0) is 13.7. The van der Waals surface area contributed by atoms with Crippen LogP contribution in [0.4, 0.5) is 5.82 Å². The van der Waals surface area contributed by atoms with Gasteiger partial charge in [0.1, 0.15) is 12.1 Å². The van der Waals surface area contributed by atoms with Gasteiger partial charge in [0.2, 0.25) is 0 Å². The summed E-state index contributed by atoms with van der Waals surface area (Å²) in [5.41, 5.74) is 2.51. The van der Waals surface area contributed by atoms with Crippen molar-refractivity contribution in [2.24, 2.45) is 0 Å². The molecule has 1 aliphatic carbocycles. The fourth-order valence-corrected chi connectivity index (χ4v) is 2.86. The molecule has 4 nitrogen and oxygen atoms in total. The van der Waals surface area contributed by atoms with Gasteiger partial charge in [-0.3, -0.25) is 4.21 Å². The summed E-state index contributed by atoms with van der Waals surface area (Å²) in [6.45, 7) is 2.85. The predicted octanol–water partition coefficient (Wildman–Crippen LogP) is 2.31. The summed E-state index contributed by atoms with van der Waals surface area (Å²) in [6, 6.07) is 0. The first-order chi connectivity index (χ1) is 9.18. The monoisotopic (exact) mass is 281 g/mol. The molecule has 1 aliphatic rings. The molecule has 1 aromatic rings. The quantitative estimate of drug-likeness (QED) is 0.842. The fourth-order valence-electron chi connectivity index (χ4n) is 2.41. The molecule has 0 aromatic carbocycles. The van der Waals surface area contributed by atoms with Gasteiger partial charge in [-0.05, 0) is 32.1 Å². The molecule has 2 rings (SSSR count). The molecule has 2 unspecified atom stereocenters. The van der Waals surface area contributed by atoms with E-state index in [2.05, 4.69) is 15.3 Å². The molecule has 19 heavy (non-hydrogen) atoms. The molecule has 1 aromatic heterocycles. The maximum absolute atomic E-state index is 11.3. The number of nitrogens with one attached hydrogen (secondary N) is 1. The largest absolute Gasteiger partial charge is 0.370 e. The van der Waals surface area contributed by atoms with Crippen molar-refractivity contribution in [2.75, 3.05) is 18.1 Å². The summed E-state index contributed by atoms with van der Waals surface area (Å²) >= 11 is 0. The Hall–Kier alpha value is -0.970. The van der Waals surface area contributed by atoms with Crippen LogP contribution < -0.4 is 5.32 Å². The third-order valence-electron chi connectivity index (χ3n) is 3.78. The number of hydrogen-bond donors (Lipinski definition) is 1. The molecule has 106 valence electrons. The van der Waals surface area contributed by atoms with Gasteiger partial charge in [0.15, 0.2) is 0 Å². The molecule has 1 N–H and O–H groups in total. The first-order valence-electron chi connectivity index (χ1n) is 7.07. The predicted molar refractivity (Wildman–Crippen MR) is 79.9 cm³/mol. The zero-order valence-electron chi connectivity index (χ0n) is 11.8.